The molecule has 2 aromatic rings. The fourth-order valence-corrected chi connectivity index (χ4v) is 2.62. The SMILES string of the molecule is CNS(=O)(=O)c1ccc(C(=O)N[C@H](C)c2ccccn2)cc1. The molecule has 0 saturated carbocycles. The van der Waals surface area contributed by atoms with Crippen LogP contribution in [-0.4, -0.2) is 26.4 Å². The van der Waals surface area contributed by atoms with Crippen molar-refractivity contribution >= 4 is 15.9 Å². The lowest BCUT2D eigenvalue weighted by Crippen LogP contribution is -2.27. The summed E-state index contributed by atoms with van der Waals surface area (Å²) in [5.74, 6) is -0.286. The molecule has 1 aromatic heterocycles. The van der Waals surface area contributed by atoms with Crippen molar-refractivity contribution in [2.24, 2.45) is 0 Å². The van der Waals surface area contributed by atoms with Crippen molar-refractivity contribution in [2.75, 3.05) is 7.05 Å². The summed E-state index contributed by atoms with van der Waals surface area (Å²) in [5.41, 5.74) is 1.14. The Kier molecular flexibility index (Phi) is 4.89. The maximum atomic E-state index is 12.2. The molecule has 0 unspecified atom stereocenters. The summed E-state index contributed by atoms with van der Waals surface area (Å²) in [4.78, 5) is 16.5. The monoisotopic (exact) mass is 319 g/mol. The number of amides is 1. The Hall–Kier alpha value is -2.25. The van der Waals surface area contributed by atoms with Gasteiger partial charge in [-0.15, -0.1) is 0 Å². The van der Waals surface area contributed by atoms with Crippen LogP contribution in [0.25, 0.3) is 0 Å². The molecule has 7 heteroatoms. The molecule has 0 aliphatic rings. The average Bonchev–Trinajstić information content (AvgIpc) is 2.55. The minimum absolute atomic E-state index is 0.115. The van der Waals surface area contributed by atoms with E-state index in [4.69, 9.17) is 0 Å². The number of rotatable bonds is 5. The van der Waals surface area contributed by atoms with Gasteiger partial charge in [0.1, 0.15) is 0 Å². The summed E-state index contributed by atoms with van der Waals surface area (Å²) >= 11 is 0. The van der Waals surface area contributed by atoms with E-state index in [9.17, 15) is 13.2 Å². The predicted molar refractivity (Wildman–Crippen MR) is 82.8 cm³/mol. The number of aromatic nitrogens is 1. The summed E-state index contributed by atoms with van der Waals surface area (Å²) in [6.07, 6.45) is 1.66. The number of nitrogens with zero attached hydrogens (tertiary/aromatic N) is 1. The Morgan fingerprint density at radius 1 is 1.14 bits per heavy atom. The molecule has 0 aliphatic carbocycles. The third kappa shape index (κ3) is 3.69. The highest BCUT2D eigenvalue weighted by molar-refractivity contribution is 7.89. The zero-order chi connectivity index (χ0) is 16.2. The zero-order valence-corrected chi connectivity index (χ0v) is 13.1. The van der Waals surface area contributed by atoms with Crippen LogP contribution in [0.3, 0.4) is 0 Å². The molecule has 22 heavy (non-hydrogen) atoms. The van der Waals surface area contributed by atoms with Crippen LogP contribution in [-0.2, 0) is 10.0 Å². The van der Waals surface area contributed by atoms with E-state index < -0.39 is 10.0 Å². The van der Waals surface area contributed by atoms with E-state index in [0.717, 1.165) is 5.69 Å². The molecule has 2 N–H and O–H groups in total. The fourth-order valence-electron chi connectivity index (χ4n) is 1.89. The van der Waals surface area contributed by atoms with Gasteiger partial charge in [-0.3, -0.25) is 9.78 Å². The summed E-state index contributed by atoms with van der Waals surface area (Å²) in [5, 5.41) is 2.82. The molecule has 2 rings (SSSR count). The van der Waals surface area contributed by atoms with Gasteiger partial charge in [-0.05, 0) is 50.4 Å². The zero-order valence-electron chi connectivity index (χ0n) is 12.3. The number of hydrogen-bond acceptors (Lipinski definition) is 4. The first kappa shape index (κ1) is 16.1. The second-order valence-electron chi connectivity index (χ2n) is 4.68. The third-order valence-electron chi connectivity index (χ3n) is 3.17. The molecule has 1 amide bonds. The van der Waals surface area contributed by atoms with Crippen LogP contribution in [0, 0.1) is 0 Å². The minimum atomic E-state index is -3.50. The van der Waals surface area contributed by atoms with Crippen LogP contribution < -0.4 is 10.0 Å². The molecule has 0 aliphatic heterocycles. The molecular weight excluding hydrogens is 302 g/mol. The summed E-state index contributed by atoms with van der Waals surface area (Å²) < 4.78 is 25.5. The number of carbonyl (C=O) groups excluding carboxylic acids is 1. The number of benzene rings is 1. The van der Waals surface area contributed by atoms with Crippen LogP contribution in [0.2, 0.25) is 0 Å². The Balaban J connectivity index is 2.11. The molecule has 116 valence electrons. The van der Waals surface area contributed by atoms with E-state index in [1.807, 2.05) is 19.1 Å². The highest BCUT2D eigenvalue weighted by Gasteiger charge is 2.14. The standard InChI is InChI=1S/C15H17N3O3S/c1-11(14-5-3-4-10-17-14)18-15(19)12-6-8-13(9-7-12)22(20,21)16-2/h3-11,16H,1-2H3,(H,18,19)/t11-/m1/s1. The lowest BCUT2D eigenvalue weighted by atomic mass is 10.1. The maximum Gasteiger partial charge on any atom is 0.251 e. The molecule has 0 fully saturated rings. The summed E-state index contributed by atoms with van der Waals surface area (Å²) in [7, 11) is -2.16. The fraction of sp³-hybridized carbons (Fsp3) is 0.200. The van der Waals surface area contributed by atoms with E-state index in [0.29, 0.717) is 5.56 Å². The van der Waals surface area contributed by atoms with Crippen molar-refractivity contribution in [3.8, 4) is 0 Å². The average molecular weight is 319 g/mol. The topological polar surface area (TPSA) is 88.2 Å². The van der Waals surface area contributed by atoms with Crippen molar-refractivity contribution in [2.45, 2.75) is 17.9 Å². The van der Waals surface area contributed by atoms with Gasteiger partial charge in [0, 0.05) is 11.8 Å². The normalized spacial score (nSPS) is 12.6. The lowest BCUT2D eigenvalue weighted by molar-refractivity contribution is 0.0939. The van der Waals surface area contributed by atoms with Crippen molar-refractivity contribution < 1.29 is 13.2 Å². The highest BCUT2D eigenvalue weighted by atomic mass is 32.2. The molecule has 1 heterocycles. The number of hydrogen-bond donors (Lipinski definition) is 2. The van der Waals surface area contributed by atoms with E-state index in [1.165, 1.54) is 31.3 Å². The second-order valence-corrected chi connectivity index (χ2v) is 6.57. The van der Waals surface area contributed by atoms with E-state index in [1.54, 1.807) is 12.3 Å². The molecule has 0 saturated heterocycles. The smallest absolute Gasteiger partial charge is 0.251 e. The van der Waals surface area contributed by atoms with Gasteiger partial charge in [0.25, 0.3) is 5.91 Å². The van der Waals surface area contributed by atoms with Crippen molar-refractivity contribution in [1.82, 2.24) is 15.0 Å². The minimum Gasteiger partial charge on any atom is -0.344 e. The first-order valence-corrected chi connectivity index (χ1v) is 8.18. The number of carbonyl (C=O) groups is 1. The van der Waals surface area contributed by atoms with E-state index >= 15 is 0 Å². The Morgan fingerprint density at radius 3 is 2.36 bits per heavy atom. The van der Waals surface area contributed by atoms with Gasteiger partial charge in [-0.1, -0.05) is 6.07 Å². The lowest BCUT2D eigenvalue weighted by Gasteiger charge is -2.13. The summed E-state index contributed by atoms with van der Waals surface area (Å²) in [6.45, 7) is 1.83. The Morgan fingerprint density at radius 2 is 1.82 bits per heavy atom. The van der Waals surface area contributed by atoms with Gasteiger partial charge < -0.3 is 5.32 Å². The quantitative estimate of drug-likeness (QED) is 0.874. The van der Waals surface area contributed by atoms with E-state index in [-0.39, 0.29) is 16.8 Å². The van der Waals surface area contributed by atoms with E-state index in [2.05, 4.69) is 15.0 Å². The van der Waals surface area contributed by atoms with Gasteiger partial charge >= 0.3 is 0 Å². The number of sulfonamides is 1. The molecule has 6 nitrogen and oxygen atoms in total. The van der Waals surface area contributed by atoms with Gasteiger partial charge in [-0.25, -0.2) is 13.1 Å². The third-order valence-corrected chi connectivity index (χ3v) is 4.60. The number of pyridine rings is 1. The van der Waals surface area contributed by atoms with Crippen LogP contribution in [0.4, 0.5) is 0 Å². The van der Waals surface area contributed by atoms with Crippen molar-refractivity contribution in [1.29, 1.82) is 0 Å². The largest absolute Gasteiger partial charge is 0.344 e. The second kappa shape index (κ2) is 6.67. The van der Waals surface area contributed by atoms with Gasteiger partial charge in [0.15, 0.2) is 0 Å². The first-order chi connectivity index (χ1) is 10.4. The molecule has 0 radical (unpaired) electrons. The van der Waals surface area contributed by atoms with Crippen LogP contribution in [0.1, 0.15) is 29.0 Å². The molecule has 0 bridgehead atoms. The van der Waals surface area contributed by atoms with Gasteiger partial charge in [0.2, 0.25) is 10.0 Å². The van der Waals surface area contributed by atoms with Gasteiger partial charge in [0.05, 0.1) is 16.6 Å². The van der Waals surface area contributed by atoms with Crippen molar-refractivity contribution in [3.05, 3.63) is 59.9 Å². The molecular formula is C15H17N3O3S. The Labute approximate surface area is 129 Å². The van der Waals surface area contributed by atoms with Crippen molar-refractivity contribution in [3.63, 3.8) is 0 Å². The van der Waals surface area contributed by atoms with Gasteiger partial charge in [-0.2, -0.15) is 0 Å². The van der Waals surface area contributed by atoms with Crippen LogP contribution in [0.15, 0.2) is 53.6 Å². The Bertz CT molecular complexity index is 743. The number of nitrogens with one attached hydrogen (secondary N) is 2. The maximum absolute atomic E-state index is 12.2. The molecule has 1 aromatic carbocycles. The predicted octanol–water partition coefficient (Wildman–Crippen LogP) is 1.48. The molecule has 0 spiro atoms. The summed E-state index contributed by atoms with van der Waals surface area (Å²) in [6, 6.07) is 11.0. The van der Waals surface area contributed by atoms with Crippen LogP contribution >= 0.6 is 0 Å². The first-order valence-electron chi connectivity index (χ1n) is 6.69. The van der Waals surface area contributed by atoms with Crippen LogP contribution in [0.5, 0.6) is 0 Å². The molecule has 1 atom stereocenters. The highest BCUT2D eigenvalue weighted by Crippen LogP contribution is 2.12.